The molecule has 0 aliphatic heterocycles. The molecule has 1 rings (SSSR count). The Kier molecular flexibility index (Phi) is 4.68. The Morgan fingerprint density at radius 1 is 1.17 bits per heavy atom. The summed E-state index contributed by atoms with van der Waals surface area (Å²) in [6.07, 6.45) is 0.434. The van der Waals surface area contributed by atoms with Crippen molar-refractivity contribution >= 4 is 0 Å². The molecule has 0 saturated heterocycles. The zero-order valence-electron chi connectivity index (χ0n) is 11.3. The van der Waals surface area contributed by atoms with Crippen LogP contribution in [0.15, 0.2) is 18.2 Å². The van der Waals surface area contributed by atoms with Crippen molar-refractivity contribution in [2.24, 2.45) is 11.1 Å². The van der Waals surface area contributed by atoms with Gasteiger partial charge in [0.05, 0.1) is 0 Å². The fourth-order valence-corrected chi connectivity index (χ4v) is 1.86. The Labute approximate surface area is 107 Å². The Bertz CT molecular complexity index is 381. The van der Waals surface area contributed by atoms with Gasteiger partial charge in [0.2, 0.25) is 0 Å². The van der Waals surface area contributed by atoms with E-state index in [1.807, 2.05) is 27.7 Å². The highest BCUT2D eigenvalue weighted by Gasteiger charge is 2.31. The third-order valence-corrected chi connectivity index (χ3v) is 2.81. The lowest BCUT2D eigenvalue weighted by Gasteiger charge is -2.35. The van der Waals surface area contributed by atoms with E-state index >= 15 is 0 Å². The molecule has 2 N–H and O–H groups in total. The number of benzene rings is 1. The normalized spacial score (nSPS) is 15.3. The first-order valence-electron chi connectivity index (χ1n) is 6.12. The van der Waals surface area contributed by atoms with Crippen molar-refractivity contribution in [3.8, 4) is 5.75 Å². The minimum Gasteiger partial charge on any atom is -0.488 e. The van der Waals surface area contributed by atoms with Gasteiger partial charge in [-0.3, -0.25) is 0 Å². The van der Waals surface area contributed by atoms with E-state index in [1.54, 1.807) is 0 Å². The van der Waals surface area contributed by atoms with Crippen molar-refractivity contribution in [3.05, 3.63) is 29.8 Å². The molecule has 0 aliphatic rings. The highest BCUT2D eigenvalue weighted by atomic mass is 19.1. The van der Waals surface area contributed by atoms with E-state index < -0.39 is 11.6 Å². The van der Waals surface area contributed by atoms with Crippen LogP contribution in [0, 0.1) is 17.0 Å². The Balaban J connectivity index is 2.96. The fraction of sp³-hybridized carbons (Fsp3) is 0.571. The first-order chi connectivity index (χ1) is 8.24. The molecule has 0 amide bonds. The van der Waals surface area contributed by atoms with E-state index in [-0.39, 0.29) is 23.3 Å². The van der Waals surface area contributed by atoms with Crippen molar-refractivity contribution in [1.82, 2.24) is 0 Å². The molecule has 2 atom stereocenters. The number of hydrogen-bond donors (Lipinski definition) is 1. The molecule has 0 fully saturated rings. The second-order valence-electron chi connectivity index (χ2n) is 5.58. The van der Waals surface area contributed by atoms with Crippen LogP contribution < -0.4 is 10.5 Å². The van der Waals surface area contributed by atoms with Crippen molar-refractivity contribution in [2.75, 3.05) is 0 Å². The minimum atomic E-state index is -0.650. The smallest absolute Gasteiger partial charge is 0.129 e. The van der Waals surface area contributed by atoms with Gasteiger partial charge in [-0.05, 0) is 6.42 Å². The summed E-state index contributed by atoms with van der Waals surface area (Å²) < 4.78 is 31.9. The number of ether oxygens (including phenoxy) is 1. The van der Waals surface area contributed by atoms with Gasteiger partial charge in [-0.25, -0.2) is 8.78 Å². The molecule has 1 aromatic carbocycles. The summed E-state index contributed by atoms with van der Waals surface area (Å²) in [6.45, 7) is 7.92. The number of halogens is 2. The Morgan fingerprint density at radius 2 is 1.67 bits per heavy atom. The van der Waals surface area contributed by atoms with Gasteiger partial charge in [-0.1, -0.05) is 27.7 Å². The summed E-state index contributed by atoms with van der Waals surface area (Å²) in [7, 11) is 0. The predicted octanol–water partition coefficient (Wildman–Crippen LogP) is 3.50. The first-order valence-corrected chi connectivity index (χ1v) is 6.12. The Morgan fingerprint density at radius 3 is 2.06 bits per heavy atom. The van der Waals surface area contributed by atoms with Crippen molar-refractivity contribution in [3.63, 3.8) is 0 Å². The second kappa shape index (κ2) is 5.65. The van der Waals surface area contributed by atoms with E-state index in [9.17, 15) is 8.78 Å². The zero-order chi connectivity index (χ0) is 13.9. The summed E-state index contributed by atoms with van der Waals surface area (Å²) in [5.41, 5.74) is 5.80. The molecule has 0 aromatic heterocycles. The van der Waals surface area contributed by atoms with Gasteiger partial charge in [0, 0.05) is 29.7 Å². The van der Waals surface area contributed by atoms with Crippen LogP contribution in [0.5, 0.6) is 5.75 Å². The van der Waals surface area contributed by atoms with E-state index in [1.165, 1.54) is 12.1 Å². The van der Waals surface area contributed by atoms with Gasteiger partial charge >= 0.3 is 0 Å². The van der Waals surface area contributed by atoms with Crippen molar-refractivity contribution in [2.45, 2.75) is 46.3 Å². The average Bonchev–Trinajstić information content (AvgIpc) is 2.22. The lowest BCUT2D eigenvalue weighted by atomic mass is 9.84. The SMILES string of the molecule is CCC(N)C(Oc1cc(F)cc(F)c1)C(C)(C)C. The van der Waals surface area contributed by atoms with Gasteiger partial charge in [0.25, 0.3) is 0 Å². The molecule has 0 saturated carbocycles. The summed E-state index contributed by atoms with van der Waals surface area (Å²) in [4.78, 5) is 0. The van der Waals surface area contributed by atoms with Crippen LogP contribution in [-0.4, -0.2) is 12.1 Å². The van der Waals surface area contributed by atoms with Gasteiger partial charge in [0.15, 0.2) is 0 Å². The molecule has 0 spiro atoms. The molecule has 1 aromatic rings. The zero-order valence-corrected chi connectivity index (χ0v) is 11.3. The maximum atomic E-state index is 13.1. The van der Waals surface area contributed by atoms with Gasteiger partial charge in [-0.2, -0.15) is 0 Å². The highest BCUT2D eigenvalue weighted by Crippen LogP contribution is 2.28. The molecular formula is C14H21F2NO. The molecule has 0 radical (unpaired) electrons. The number of hydrogen-bond acceptors (Lipinski definition) is 2. The molecule has 0 heterocycles. The number of nitrogens with two attached hydrogens (primary N) is 1. The fourth-order valence-electron chi connectivity index (χ4n) is 1.86. The molecule has 0 aliphatic carbocycles. The maximum Gasteiger partial charge on any atom is 0.129 e. The van der Waals surface area contributed by atoms with E-state index in [4.69, 9.17) is 10.5 Å². The lowest BCUT2D eigenvalue weighted by molar-refractivity contribution is 0.0616. The van der Waals surface area contributed by atoms with Gasteiger partial charge < -0.3 is 10.5 Å². The van der Waals surface area contributed by atoms with E-state index in [0.29, 0.717) is 0 Å². The van der Waals surface area contributed by atoms with Crippen LogP contribution in [-0.2, 0) is 0 Å². The van der Waals surface area contributed by atoms with E-state index in [0.717, 1.165) is 12.5 Å². The molecule has 2 nitrogen and oxygen atoms in total. The van der Waals surface area contributed by atoms with Crippen LogP contribution in [0.4, 0.5) is 8.78 Å². The molecule has 102 valence electrons. The first kappa shape index (κ1) is 14.9. The van der Waals surface area contributed by atoms with E-state index in [2.05, 4.69) is 0 Å². The third-order valence-electron chi connectivity index (χ3n) is 2.81. The lowest BCUT2D eigenvalue weighted by Crippen LogP contribution is -2.47. The second-order valence-corrected chi connectivity index (χ2v) is 5.58. The quantitative estimate of drug-likeness (QED) is 0.896. The summed E-state index contributed by atoms with van der Waals surface area (Å²) in [5, 5.41) is 0. The number of rotatable bonds is 4. The molecule has 0 bridgehead atoms. The molecule has 2 unspecified atom stereocenters. The van der Waals surface area contributed by atoms with Crippen LogP contribution in [0.1, 0.15) is 34.1 Å². The standard InChI is InChI=1S/C14H21F2NO/c1-5-12(17)13(14(2,3)4)18-11-7-9(15)6-10(16)8-11/h6-8,12-13H,5,17H2,1-4H3. The van der Waals surface area contributed by atoms with Crippen LogP contribution in [0.25, 0.3) is 0 Å². The average molecular weight is 257 g/mol. The van der Waals surface area contributed by atoms with Crippen LogP contribution in [0.3, 0.4) is 0 Å². The molecular weight excluding hydrogens is 236 g/mol. The van der Waals surface area contributed by atoms with Crippen molar-refractivity contribution in [1.29, 1.82) is 0 Å². The maximum absolute atomic E-state index is 13.1. The summed E-state index contributed by atoms with van der Waals surface area (Å²) in [6, 6.07) is 2.98. The highest BCUT2D eigenvalue weighted by molar-refractivity contribution is 5.24. The largest absolute Gasteiger partial charge is 0.488 e. The van der Waals surface area contributed by atoms with Crippen LogP contribution >= 0.6 is 0 Å². The topological polar surface area (TPSA) is 35.2 Å². The third kappa shape index (κ3) is 3.95. The monoisotopic (exact) mass is 257 g/mol. The summed E-state index contributed by atoms with van der Waals surface area (Å²) >= 11 is 0. The minimum absolute atomic E-state index is 0.177. The van der Waals surface area contributed by atoms with Crippen molar-refractivity contribution < 1.29 is 13.5 Å². The van der Waals surface area contributed by atoms with Gasteiger partial charge in [-0.15, -0.1) is 0 Å². The molecule has 18 heavy (non-hydrogen) atoms. The molecule has 4 heteroatoms. The predicted molar refractivity (Wildman–Crippen MR) is 68.5 cm³/mol. The Hall–Kier alpha value is -1.16. The van der Waals surface area contributed by atoms with Gasteiger partial charge in [0.1, 0.15) is 23.5 Å². The van der Waals surface area contributed by atoms with Crippen LogP contribution in [0.2, 0.25) is 0 Å². The summed E-state index contributed by atoms with van der Waals surface area (Å²) in [5.74, 6) is -1.12.